The summed E-state index contributed by atoms with van der Waals surface area (Å²) in [6.45, 7) is 0. The predicted molar refractivity (Wildman–Crippen MR) is 92.0 cm³/mol. The molecule has 0 radical (unpaired) electrons. The van der Waals surface area contributed by atoms with Crippen LogP contribution in [0.5, 0.6) is 0 Å². The number of nitrogens with zero attached hydrogens (tertiary/aromatic N) is 1. The fraction of sp³-hybridized carbons (Fsp3) is 0.118. The highest BCUT2D eigenvalue weighted by Crippen LogP contribution is 2.25. The number of imide groups is 1. The van der Waals surface area contributed by atoms with Crippen LogP contribution in [0.2, 0.25) is 0 Å². The van der Waals surface area contributed by atoms with E-state index in [-0.39, 0.29) is 12.1 Å². The minimum atomic E-state index is -0.960. The molecule has 0 saturated carbocycles. The molecule has 0 aromatic heterocycles. The molecular weight excluding hydrogens is 393 g/mol. The van der Waals surface area contributed by atoms with E-state index in [4.69, 9.17) is 0 Å². The van der Waals surface area contributed by atoms with Crippen LogP contribution in [-0.2, 0) is 9.59 Å². The molecule has 0 spiro atoms. The van der Waals surface area contributed by atoms with Crippen molar-refractivity contribution in [3.05, 3.63) is 64.4 Å². The fourth-order valence-electron chi connectivity index (χ4n) is 2.50. The van der Waals surface area contributed by atoms with Crippen LogP contribution in [0, 0.1) is 5.82 Å². The summed E-state index contributed by atoms with van der Waals surface area (Å²) in [5.41, 5.74) is 5.23. The van der Waals surface area contributed by atoms with Crippen molar-refractivity contribution in [1.29, 1.82) is 0 Å². The summed E-state index contributed by atoms with van der Waals surface area (Å²) >= 11 is 3.26. The number of carbonyl (C=O) groups is 3. The third kappa shape index (κ3) is 3.45. The first-order chi connectivity index (χ1) is 12.0. The number of hydrogen-bond acceptors (Lipinski definition) is 4. The lowest BCUT2D eigenvalue weighted by molar-refractivity contribution is -0.121. The van der Waals surface area contributed by atoms with Gasteiger partial charge in [0.2, 0.25) is 5.91 Å². The van der Waals surface area contributed by atoms with Crippen molar-refractivity contribution in [1.82, 2.24) is 10.9 Å². The second-order valence-corrected chi connectivity index (χ2v) is 6.21. The topological polar surface area (TPSA) is 78.5 Å². The fourth-order valence-corrected chi connectivity index (χ4v) is 2.96. The van der Waals surface area contributed by atoms with Gasteiger partial charge in [-0.1, -0.05) is 24.3 Å². The van der Waals surface area contributed by atoms with E-state index in [2.05, 4.69) is 26.8 Å². The first-order valence-corrected chi connectivity index (χ1v) is 8.20. The Kier molecular flexibility index (Phi) is 4.91. The van der Waals surface area contributed by atoms with Crippen LogP contribution in [0.4, 0.5) is 10.1 Å². The van der Waals surface area contributed by atoms with Gasteiger partial charge in [-0.25, -0.2) is 14.7 Å². The van der Waals surface area contributed by atoms with Crippen LogP contribution >= 0.6 is 15.9 Å². The van der Waals surface area contributed by atoms with Gasteiger partial charge in [0.25, 0.3) is 11.8 Å². The zero-order valence-electron chi connectivity index (χ0n) is 12.8. The van der Waals surface area contributed by atoms with Gasteiger partial charge in [0, 0.05) is 4.47 Å². The molecule has 6 nitrogen and oxygen atoms in total. The van der Waals surface area contributed by atoms with E-state index in [1.807, 2.05) is 0 Å². The van der Waals surface area contributed by atoms with Crippen molar-refractivity contribution in [3.63, 3.8) is 0 Å². The molecule has 0 unspecified atom stereocenters. The summed E-state index contributed by atoms with van der Waals surface area (Å²) in [5, 5.41) is 0. The van der Waals surface area contributed by atoms with Crippen molar-refractivity contribution >= 4 is 39.3 Å². The number of benzene rings is 2. The molecule has 0 bridgehead atoms. The summed E-state index contributed by atoms with van der Waals surface area (Å²) in [6.07, 6.45) is -0.177. The quantitative estimate of drug-likeness (QED) is 0.603. The molecule has 128 valence electrons. The summed E-state index contributed by atoms with van der Waals surface area (Å²) in [5.74, 6) is -2.29. The summed E-state index contributed by atoms with van der Waals surface area (Å²) in [7, 11) is 0. The smallest absolute Gasteiger partial charge is 0.266 e. The third-order valence-corrected chi connectivity index (χ3v) is 4.41. The van der Waals surface area contributed by atoms with Crippen molar-refractivity contribution in [2.24, 2.45) is 0 Å². The number of para-hydroxylation sites is 1. The molecule has 3 rings (SSSR count). The number of hydrogen-bond donors (Lipinski definition) is 2. The molecule has 0 aliphatic carbocycles. The lowest BCUT2D eigenvalue weighted by Gasteiger charge is -2.16. The standard InChI is InChI=1S/C17H13BrFN3O3/c18-11-6-2-1-5-10(11)16(24)21-20-13-9-15(23)22(17(13)25)14-8-4-3-7-12(14)19/h1-8,13,20H,9H2,(H,21,24)/t13-/m1/s1. The number of rotatable bonds is 4. The van der Waals surface area contributed by atoms with Gasteiger partial charge in [-0.3, -0.25) is 19.8 Å². The molecule has 2 aromatic carbocycles. The Balaban J connectivity index is 1.70. The largest absolute Gasteiger partial charge is 0.287 e. The van der Waals surface area contributed by atoms with Gasteiger partial charge in [-0.15, -0.1) is 0 Å². The van der Waals surface area contributed by atoms with Gasteiger partial charge in [-0.2, -0.15) is 0 Å². The normalized spacial score (nSPS) is 17.0. The average molecular weight is 406 g/mol. The molecule has 2 aromatic rings. The summed E-state index contributed by atoms with van der Waals surface area (Å²) in [6, 6.07) is 11.3. The van der Waals surface area contributed by atoms with Crippen molar-refractivity contribution in [3.8, 4) is 0 Å². The van der Waals surface area contributed by atoms with E-state index in [1.165, 1.54) is 24.3 Å². The molecule has 1 fully saturated rings. The van der Waals surface area contributed by atoms with Gasteiger partial charge >= 0.3 is 0 Å². The van der Waals surface area contributed by atoms with Crippen LogP contribution in [0.25, 0.3) is 0 Å². The second kappa shape index (κ2) is 7.12. The predicted octanol–water partition coefficient (Wildman–Crippen LogP) is 2.15. The maximum Gasteiger partial charge on any atom is 0.266 e. The Bertz CT molecular complexity index is 859. The van der Waals surface area contributed by atoms with E-state index >= 15 is 0 Å². The minimum absolute atomic E-state index is 0.0982. The summed E-state index contributed by atoms with van der Waals surface area (Å²) < 4.78 is 14.4. The average Bonchev–Trinajstić information content (AvgIpc) is 2.87. The molecule has 1 aliphatic rings. The van der Waals surface area contributed by atoms with Crippen molar-refractivity contribution in [2.75, 3.05) is 4.90 Å². The Labute approximate surface area is 151 Å². The molecular formula is C17H13BrFN3O3. The van der Waals surface area contributed by atoms with E-state index in [1.54, 1.807) is 24.3 Å². The van der Waals surface area contributed by atoms with Gasteiger partial charge in [0.1, 0.15) is 11.9 Å². The van der Waals surface area contributed by atoms with E-state index < -0.39 is 29.6 Å². The number of carbonyl (C=O) groups excluding carboxylic acids is 3. The van der Waals surface area contributed by atoms with Crippen LogP contribution in [0.1, 0.15) is 16.8 Å². The van der Waals surface area contributed by atoms with Gasteiger partial charge in [0.05, 0.1) is 17.7 Å². The zero-order chi connectivity index (χ0) is 18.0. The molecule has 1 saturated heterocycles. The van der Waals surface area contributed by atoms with Crippen LogP contribution in [0.3, 0.4) is 0 Å². The van der Waals surface area contributed by atoms with Crippen LogP contribution in [0.15, 0.2) is 53.0 Å². The monoisotopic (exact) mass is 405 g/mol. The lowest BCUT2D eigenvalue weighted by Crippen LogP contribution is -2.48. The van der Waals surface area contributed by atoms with E-state index in [9.17, 15) is 18.8 Å². The molecule has 2 N–H and O–H groups in total. The molecule has 3 amide bonds. The number of hydrazine groups is 1. The highest BCUT2D eigenvalue weighted by Gasteiger charge is 2.40. The maximum atomic E-state index is 13.9. The van der Waals surface area contributed by atoms with Gasteiger partial charge in [-0.05, 0) is 40.2 Å². The second-order valence-electron chi connectivity index (χ2n) is 5.35. The number of amides is 3. The zero-order valence-corrected chi connectivity index (χ0v) is 14.4. The minimum Gasteiger partial charge on any atom is -0.287 e. The highest BCUT2D eigenvalue weighted by molar-refractivity contribution is 9.10. The van der Waals surface area contributed by atoms with Crippen LogP contribution in [-0.4, -0.2) is 23.8 Å². The SMILES string of the molecule is O=C(NN[C@@H]1CC(=O)N(c2ccccc2F)C1=O)c1ccccc1Br. The van der Waals surface area contributed by atoms with E-state index in [0.29, 0.717) is 10.0 Å². The first-order valence-electron chi connectivity index (χ1n) is 7.41. The Hall–Kier alpha value is -2.58. The van der Waals surface area contributed by atoms with Gasteiger partial charge in [0.15, 0.2) is 0 Å². The number of halogens is 2. The summed E-state index contributed by atoms with van der Waals surface area (Å²) in [4.78, 5) is 37.4. The number of anilines is 1. The molecule has 1 atom stereocenters. The highest BCUT2D eigenvalue weighted by atomic mass is 79.9. The maximum absolute atomic E-state index is 13.9. The first kappa shape index (κ1) is 17.2. The molecule has 1 aliphatic heterocycles. The molecule has 25 heavy (non-hydrogen) atoms. The third-order valence-electron chi connectivity index (χ3n) is 3.72. The number of nitrogens with one attached hydrogen (secondary N) is 2. The van der Waals surface area contributed by atoms with Crippen molar-refractivity contribution < 1.29 is 18.8 Å². The Morgan fingerprint density at radius 2 is 1.80 bits per heavy atom. The van der Waals surface area contributed by atoms with Gasteiger partial charge < -0.3 is 0 Å². The lowest BCUT2D eigenvalue weighted by atomic mass is 10.2. The molecule has 8 heteroatoms. The Morgan fingerprint density at radius 1 is 1.12 bits per heavy atom. The van der Waals surface area contributed by atoms with E-state index in [0.717, 1.165) is 4.90 Å². The van der Waals surface area contributed by atoms with Crippen LogP contribution < -0.4 is 15.8 Å². The Morgan fingerprint density at radius 3 is 2.52 bits per heavy atom. The molecule has 1 heterocycles. The van der Waals surface area contributed by atoms with Crippen molar-refractivity contribution in [2.45, 2.75) is 12.5 Å².